The molecule has 2 rings (SSSR count). The zero-order valence-corrected chi connectivity index (χ0v) is 8.99. The van der Waals surface area contributed by atoms with Crippen molar-refractivity contribution < 1.29 is 9.84 Å². The van der Waals surface area contributed by atoms with Crippen molar-refractivity contribution >= 4 is 0 Å². The lowest BCUT2D eigenvalue weighted by Gasteiger charge is -2.24. The fraction of sp³-hybridized carbons (Fsp3) is 0.500. The molecule has 1 aromatic carbocycles. The highest BCUT2D eigenvalue weighted by molar-refractivity contribution is 5.41. The van der Waals surface area contributed by atoms with Gasteiger partial charge in [-0.3, -0.25) is 0 Å². The van der Waals surface area contributed by atoms with Gasteiger partial charge in [0.05, 0.1) is 0 Å². The maximum atomic E-state index is 9.62. The van der Waals surface area contributed by atoms with Crippen LogP contribution in [-0.2, 0) is 0 Å². The molecule has 0 aromatic heterocycles. The topological polar surface area (TPSA) is 41.5 Å². The molecule has 3 heteroatoms. The monoisotopic (exact) mass is 207 g/mol. The number of piperidine rings is 1. The molecule has 1 atom stereocenters. The molecule has 0 aliphatic carbocycles. The molecule has 2 N–H and O–H groups in total. The van der Waals surface area contributed by atoms with Crippen LogP contribution in [0.25, 0.3) is 0 Å². The van der Waals surface area contributed by atoms with Gasteiger partial charge in [0.25, 0.3) is 0 Å². The van der Waals surface area contributed by atoms with Gasteiger partial charge in [-0.2, -0.15) is 0 Å². The Morgan fingerprint density at radius 1 is 1.47 bits per heavy atom. The van der Waals surface area contributed by atoms with Crippen molar-refractivity contribution in [1.29, 1.82) is 0 Å². The Hall–Kier alpha value is -1.22. The Labute approximate surface area is 90.1 Å². The van der Waals surface area contributed by atoms with Crippen molar-refractivity contribution in [3.63, 3.8) is 0 Å². The number of hydrogen-bond acceptors (Lipinski definition) is 3. The number of phenols is 1. The molecule has 0 spiro atoms. The van der Waals surface area contributed by atoms with Gasteiger partial charge in [0.2, 0.25) is 0 Å². The molecule has 1 aliphatic heterocycles. The van der Waals surface area contributed by atoms with Crippen LogP contribution in [0.5, 0.6) is 11.5 Å². The maximum absolute atomic E-state index is 9.62. The second-order valence-electron chi connectivity index (χ2n) is 4.06. The van der Waals surface area contributed by atoms with E-state index in [4.69, 9.17) is 4.74 Å². The average molecular weight is 207 g/mol. The molecule has 0 amide bonds. The van der Waals surface area contributed by atoms with Crippen LogP contribution in [0.15, 0.2) is 18.2 Å². The Balaban J connectivity index is 2.05. The van der Waals surface area contributed by atoms with Crippen molar-refractivity contribution in [3.8, 4) is 11.5 Å². The van der Waals surface area contributed by atoms with Gasteiger partial charge in [0.1, 0.15) is 6.10 Å². The Morgan fingerprint density at radius 3 is 3.07 bits per heavy atom. The highest BCUT2D eigenvalue weighted by Gasteiger charge is 2.15. The number of aryl methyl sites for hydroxylation is 1. The summed E-state index contributed by atoms with van der Waals surface area (Å²) in [5.74, 6) is 0.829. The van der Waals surface area contributed by atoms with Crippen LogP contribution in [-0.4, -0.2) is 24.3 Å². The predicted molar refractivity (Wildman–Crippen MR) is 59.4 cm³/mol. The predicted octanol–water partition coefficient (Wildman–Crippen LogP) is 1.83. The number of nitrogens with one attached hydrogen (secondary N) is 1. The first-order valence-electron chi connectivity index (χ1n) is 5.43. The SMILES string of the molecule is Cc1ccc(O)c(OC2CCCNC2)c1. The maximum Gasteiger partial charge on any atom is 0.161 e. The Bertz CT molecular complexity index is 332. The molecule has 15 heavy (non-hydrogen) atoms. The van der Waals surface area contributed by atoms with Gasteiger partial charge < -0.3 is 15.2 Å². The third-order valence-electron chi connectivity index (χ3n) is 2.66. The molecule has 0 saturated carbocycles. The second kappa shape index (κ2) is 4.53. The van der Waals surface area contributed by atoms with Gasteiger partial charge >= 0.3 is 0 Å². The lowest BCUT2D eigenvalue weighted by Crippen LogP contribution is -2.37. The van der Waals surface area contributed by atoms with Gasteiger partial charge in [0, 0.05) is 6.54 Å². The minimum atomic E-state index is 0.187. The first kappa shape index (κ1) is 10.3. The highest BCUT2D eigenvalue weighted by atomic mass is 16.5. The van der Waals surface area contributed by atoms with Crippen molar-refractivity contribution in [2.24, 2.45) is 0 Å². The van der Waals surface area contributed by atoms with Crippen molar-refractivity contribution in [3.05, 3.63) is 23.8 Å². The second-order valence-corrected chi connectivity index (χ2v) is 4.06. The van der Waals surface area contributed by atoms with E-state index in [1.54, 1.807) is 6.07 Å². The van der Waals surface area contributed by atoms with Crippen LogP contribution in [0.1, 0.15) is 18.4 Å². The Morgan fingerprint density at radius 2 is 2.33 bits per heavy atom. The molecule has 0 bridgehead atoms. The lowest BCUT2D eigenvalue weighted by atomic mass is 10.1. The highest BCUT2D eigenvalue weighted by Crippen LogP contribution is 2.28. The van der Waals surface area contributed by atoms with E-state index < -0.39 is 0 Å². The largest absolute Gasteiger partial charge is 0.504 e. The number of hydrogen-bond donors (Lipinski definition) is 2. The summed E-state index contributed by atoms with van der Waals surface area (Å²) in [5.41, 5.74) is 1.10. The molecule has 1 aromatic rings. The van der Waals surface area contributed by atoms with Crippen LogP contribution in [0, 0.1) is 6.92 Å². The number of rotatable bonds is 2. The summed E-state index contributed by atoms with van der Waals surface area (Å²) >= 11 is 0. The molecule has 1 fully saturated rings. The van der Waals surface area contributed by atoms with Crippen LogP contribution in [0.2, 0.25) is 0 Å². The fourth-order valence-electron chi connectivity index (χ4n) is 1.82. The van der Waals surface area contributed by atoms with Crippen LogP contribution >= 0.6 is 0 Å². The van der Waals surface area contributed by atoms with E-state index in [-0.39, 0.29) is 11.9 Å². The van der Waals surface area contributed by atoms with Crippen molar-refractivity contribution in [1.82, 2.24) is 5.32 Å². The van der Waals surface area contributed by atoms with Crippen molar-refractivity contribution in [2.45, 2.75) is 25.9 Å². The van der Waals surface area contributed by atoms with Gasteiger partial charge in [-0.15, -0.1) is 0 Å². The van der Waals surface area contributed by atoms with Crippen LogP contribution in [0.3, 0.4) is 0 Å². The van der Waals surface area contributed by atoms with E-state index in [0.29, 0.717) is 5.75 Å². The minimum absolute atomic E-state index is 0.187. The zero-order chi connectivity index (χ0) is 10.7. The van der Waals surface area contributed by atoms with Gasteiger partial charge in [-0.05, 0) is 44.0 Å². The van der Waals surface area contributed by atoms with E-state index in [1.165, 1.54) is 0 Å². The molecule has 82 valence electrons. The quantitative estimate of drug-likeness (QED) is 0.777. The first-order chi connectivity index (χ1) is 7.25. The smallest absolute Gasteiger partial charge is 0.161 e. The summed E-state index contributed by atoms with van der Waals surface area (Å²) in [4.78, 5) is 0. The Kier molecular flexibility index (Phi) is 3.11. The van der Waals surface area contributed by atoms with Crippen molar-refractivity contribution in [2.75, 3.05) is 13.1 Å². The molecule has 0 radical (unpaired) electrons. The first-order valence-corrected chi connectivity index (χ1v) is 5.43. The van der Waals surface area contributed by atoms with E-state index in [9.17, 15) is 5.11 Å². The summed E-state index contributed by atoms with van der Waals surface area (Å²) in [7, 11) is 0. The zero-order valence-electron chi connectivity index (χ0n) is 8.99. The fourth-order valence-corrected chi connectivity index (χ4v) is 1.82. The number of ether oxygens (including phenoxy) is 1. The number of phenolic OH excluding ortho intramolecular Hbond substituents is 1. The average Bonchev–Trinajstić information content (AvgIpc) is 2.25. The summed E-state index contributed by atoms with van der Waals surface area (Å²) in [6.45, 7) is 3.93. The van der Waals surface area contributed by atoms with E-state index >= 15 is 0 Å². The van der Waals surface area contributed by atoms with E-state index in [0.717, 1.165) is 31.5 Å². The van der Waals surface area contributed by atoms with E-state index in [2.05, 4.69) is 5.32 Å². The summed E-state index contributed by atoms with van der Waals surface area (Å²) < 4.78 is 5.75. The van der Waals surface area contributed by atoms with Crippen LogP contribution in [0.4, 0.5) is 0 Å². The normalized spacial score (nSPS) is 21.3. The summed E-state index contributed by atoms with van der Waals surface area (Å²) in [5, 5.41) is 12.9. The molecular weight excluding hydrogens is 190 g/mol. The minimum Gasteiger partial charge on any atom is -0.504 e. The third-order valence-corrected chi connectivity index (χ3v) is 2.66. The summed E-state index contributed by atoms with van der Waals surface area (Å²) in [6, 6.07) is 5.44. The third kappa shape index (κ3) is 2.63. The van der Waals surface area contributed by atoms with Gasteiger partial charge in [-0.1, -0.05) is 6.07 Å². The molecule has 1 unspecified atom stereocenters. The van der Waals surface area contributed by atoms with Gasteiger partial charge in [-0.25, -0.2) is 0 Å². The lowest BCUT2D eigenvalue weighted by molar-refractivity contribution is 0.161. The molecular formula is C12H17NO2. The van der Waals surface area contributed by atoms with Gasteiger partial charge in [0.15, 0.2) is 11.5 Å². The van der Waals surface area contributed by atoms with E-state index in [1.807, 2.05) is 19.1 Å². The molecule has 1 saturated heterocycles. The number of aromatic hydroxyl groups is 1. The molecule has 1 aliphatic rings. The molecule has 1 heterocycles. The molecule has 3 nitrogen and oxygen atoms in total. The number of benzene rings is 1. The summed E-state index contributed by atoms with van der Waals surface area (Å²) in [6.07, 6.45) is 2.38. The standard InChI is InChI=1S/C12H17NO2/c1-9-4-5-11(14)12(7-9)15-10-3-2-6-13-8-10/h4-5,7,10,13-14H,2-3,6,8H2,1H3. The van der Waals surface area contributed by atoms with Crippen LogP contribution < -0.4 is 10.1 Å².